The Bertz CT molecular complexity index is 262. The number of nitrogens with one attached hydrogen (secondary N) is 1. The van der Waals surface area contributed by atoms with Crippen LogP contribution in [0.2, 0.25) is 0 Å². The lowest BCUT2D eigenvalue weighted by Gasteiger charge is -2.12. The van der Waals surface area contributed by atoms with E-state index >= 15 is 0 Å². The highest BCUT2D eigenvalue weighted by Crippen LogP contribution is 2.13. The summed E-state index contributed by atoms with van der Waals surface area (Å²) in [5.74, 6) is 1.28. The van der Waals surface area contributed by atoms with Gasteiger partial charge in [0, 0.05) is 18.1 Å². The minimum absolute atomic E-state index is 0.143. The first-order valence-electron chi connectivity index (χ1n) is 4.28. The van der Waals surface area contributed by atoms with Gasteiger partial charge in [0.2, 0.25) is 5.13 Å². The van der Waals surface area contributed by atoms with Crippen LogP contribution < -0.4 is 5.32 Å². The lowest BCUT2D eigenvalue weighted by atomic mass is 10.1. The number of hydrogen-bond donors (Lipinski definition) is 1. The van der Waals surface area contributed by atoms with E-state index in [1.54, 1.807) is 0 Å². The van der Waals surface area contributed by atoms with Crippen LogP contribution in [-0.2, 0) is 0 Å². The van der Waals surface area contributed by atoms with Crippen LogP contribution in [0.4, 0.5) is 5.13 Å². The van der Waals surface area contributed by atoms with Gasteiger partial charge >= 0.3 is 0 Å². The normalized spacial score (nSPS) is 13.3. The van der Waals surface area contributed by atoms with Gasteiger partial charge in [-0.3, -0.25) is 0 Å². The van der Waals surface area contributed by atoms with Crippen LogP contribution in [0.5, 0.6) is 0 Å². The third-order valence-corrected chi connectivity index (χ3v) is 3.12. The van der Waals surface area contributed by atoms with E-state index in [4.69, 9.17) is 11.6 Å². The van der Waals surface area contributed by atoms with Gasteiger partial charge in [-0.25, -0.2) is 4.98 Å². The molecule has 0 aliphatic rings. The van der Waals surface area contributed by atoms with Crippen molar-refractivity contribution in [1.29, 1.82) is 0 Å². The fraction of sp³-hybridized carbons (Fsp3) is 0.750. The Morgan fingerprint density at radius 3 is 2.69 bits per heavy atom. The van der Waals surface area contributed by atoms with E-state index in [9.17, 15) is 0 Å². The summed E-state index contributed by atoms with van der Waals surface area (Å²) in [5.41, 5.74) is 0. The molecule has 0 fully saturated rings. The van der Waals surface area contributed by atoms with Crippen molar-refractivity contribution in [2.45, 2.75) is 26.1 Å². The molecule has 1 aromatic rings. The van der Waals surface area contributed by atoms with Crippen molar-refractivity contribution in [3.63, 3.8) is 0 Å². The number of alkyl halides is 1. The average Bonchev–Trinajstić information content (AvgIpc) is 2.47. The average molecular weight is 220 g/mol. The molecule has 0 aliphatic heterocycles. The molecular weight excluding hydrogens is 206 g/mol. The first kappa shape index (κ1) is 10.7. The molecule has 1 unspecified atom stereocenters. The molecule has 0 amide bonds. The summed E-state index contributed by atoms with van der Waals surface area (Å²) in [6.45, 7) is 6.82. The van der Waals surface area contributed by atoms with Gasteiger partial charge in [0.1, 0.15) is 5.82 Å². The van der Waals surface area contributed by atoms with E-state index in [0.717, 1.165) is 17.5 Å². The predicted octanol–water partition coefficient (Wildman–Crippen LogP) is 2.52. The lowest BCUT2D eigenvalue weighted by Crippen LogP contribution is -2.19. The maximum Gasteiger partial charge on any atom is 0.202 e. The SMILES string of the molecule is Cc1nsc(NCC(Cl)C(C)C)n1. The summed E-state index contributed by atoms with van der Waals surface area (Å²) >= 11 is 7.44. The predicted molar refractivity (Wildman–Crippen MR) is 57.6 cm³/mol. The van der Waals surface area contributed by atoms with Gasteiger partial charge in [-0.1, -0.05) is 13.8 Å². The van der Waals surface area contributed by atoms with E-state index in [-0.39, 0.29) is 5.38 Å². The zero-order valence-electron chi connectivity index (χ0n) is 8.04. The molecule has 1 aromatic heterocycles. The zero-order chi connectivity index (χ0) is 9.84. The van der Waals surface area contributed by atoms with Gasteiger partial charge in [0.05, 0.1) is 5.38 Å². The summed E-state index contributed by atoms with van der Waals surface area (Å²) in [7, 11) is 0. The van der Waals surface area contributed by atoms with Gasteiger partial charge in [-0.05, 0) is 12.8 Å². The van der Waals surface area contributed by atoms with Crippen LogP contribution in [0, 0.1) is 12.8 Å². The summed E-state index contributed by atoms with van der Waals surface area (Å²) in [6.07, 6.45) is 0. The standard InChI is InChI=1S/C8H14ClN3S/c1-5(2)7(9)4-10-8-11-6(3)12-13-8/h5,7H,4H2,1-3H3,(H,10,11,12). The largest absolute Gasteiger partial charge is 0.359 e. The molecule has 0 aromatic carbocycles. The third kappa shape index (κ3) is 3.48. The Morgan fingerprint density at radius 2 is 2.23 bits per heavy atom. The minimum atomic E-state index is 0.143. The molecule has 1 atom stereocenters. The Hall–Kier alpha value is -0.350. The van der Waals surface area contributed by atoms with Crippen LogP contribution in [-0.4, -0.2) is 21.3 Å². The van der Waals surface area contributed by atoms with E-state index in [1.807, 2.05) is 6.92 Å². The van der Waals surface area contributed by atoms with Crippen molar-refractivity contribution < 1.29 is 0 Å². The molecule has 0 aliphatic carbocycles. The van der Waals surface area contributed by atoms with Crippen LogP contribution in [0.3, 0.4) is 0 Å². The van der Waals surface area contributed by atoms with Crippen molar-refractivity contribution in [3.05, 3.63) is 5.82 Å². The molecule has 0 radical (unpaired) electrons. The van der Waals surface area contributed by atoms with Crippen molar-refractivity contribution in [3.8, 4) is 0 Å². The van der Waals surface area contributed by atoms with E-state index < -0.39 is 0 Å². The third-order valence-electron chi connectivity index (χ3n) is 1.70. The topological polar surface area (TPSA) is 37.8 Å². The molecule has 5 heteroatoms. The van der Waals surface area contributed by atoms with Crippen LogP contribution >= 0.6 is 23.1 Å². The van der Waals surface area contributed by atoms with Crippen molar-refractivity contribution >= 4 is 28.3 Å². The molecule has 3 nitrogen and oxygen atoms in total. The highest BCUT2D eigenvalue weighted by atomic mass is 35.5. The summed E-state index contributed by atoms with van der Waals surface area (Å²) in [4.78, 5) is 4.18. The first-order chi connectivity index (χ1) is 6.09. The molecule has 0 saturated carbocycles. The Kier molecular flexibility index (Phi) is 3.93. The molecule has 1 N–H and O–H groups in total. The summed E-state index contributed by atoms with van der Waals surface area (Å²) in [5, 5.41) is 4.15. The number of halogens is 1. The number of nitrogens with zero attached hydrogens (tertiary/aromatic N) is 2. The summed E-state index contributed by atoms with van der Waals surface area (Å²) in [6, 6.07) is 0. The van der Waals surface area contributed by atoms with Crippen molar-refractivity contribution in [2.24, 2.45) is 5.92 Å². The number of aromatic nitrogens is 2. The second-order valence-corrected chi connectivity index (χ2v) is 4.60. The molecule has 0 spiro atoms. The first-order valence-corrected chi connectivity index (χ1v) is 5.49. The maximum atomic E-state index is 6.07. The van der Waals surface area contributed by atoms with Gasteiger partial charge in [0.15, 0.2) is 0 Å². The second kappa shape index (κ2) is 4.77. The highest BCUT2D eigenvalue weighted by Gasteiger charge is 2.09. The molecule has 1 heterocycles. The van der Waals surface area contributed by atoms with Gasteiger partial charge in [-0.2, -0.15) is 4.37 Å². The Balaban J connectivity index is 2.35. The minimum Gasteiger partial charge on any atom is -0.359 e. The maximum absolute atomic E-state index is 6.07. The van der Waals surface area contributed by atoms with Crippen LogP contribution in [0.15, 0.2) is 0 Å². The van der Waals surface area contributed by atoms with Gasteiger partial charge < -0.3 is 5.32 Å². The smallest absolute Gasteiger partial charge is 0.202 e. The molecule has 74 valence electrons. The van der Waals surface area contributed by atoms with Crippen LogP contribution in [0.1, 0.15) is 19.7 Å². The molecule has 1 rings (SSSR count). The lowest BCUT2D eigenvalue weighted by molar-refractivity contribution is 0.616. The Labute approximate surface area is 87.7 Å². The Morgan fingerprint density at radius 1 is 1.54 bits per heavy atom. The zero-order valence-corrected chi connectivity index (χ0v) is 9.61. The van der Waals surface area contributed by atoms with E-state index in [2.05, 4.69) is 28.5 Å². The molecule has 0 bridgehead atoms. The van der Waals surface area contributed by atoms with Crippen LogP contribution in [0.25, 0.3) is 0 Å². The van der Waals surface area contributed by atoms with E-state index in [1.165, 1.54) is 11.5 Å². The number of rotatable bonds is 4. The number of anilines is 1. The second-order valence-electron chi connectivity index (χ2n) is 3.29. The van der Waals surface area contributed by atoms with E-state index in [0.29, 0.717) is 5.92 Å². The van der Waals surface area contributed by atoms with Gasteiger partial charge in [-0.15, -0.1) is 11.6 Å². The summed E-state index contributed by atoms with van der Waals surface area (Å²) < 4.78 is 4.06. The molecule has 0 saturated heterocycles. The fourth-order valence-electron chi connectivity index (χ4n) is 0.789. The number of hydrogen-bond acceptors (Lipinski definition) is 4. The van der Waals surface area contributed by atoms with Crippen molar-refractivity contribution in [1.82, 2.24) is 9.36 Å². The highest BCUT2D eigenvalue weighted by molar-refractivity contribution is 7.09. The van der Waals surface area contributed by atoms with Crippen molar-refractivity contribution in [2.75, 3.05) is 11.9 Å². The quantitative estimate of drug-likeness (QED) is 0.791. The molecule has 13 heavy (non-hydrogen) atoms. The number of aryl methyl sites for hydroxylation is 1. The van der Waals surface area contributed by atoms with Gasteiger partial charge in [0.25, 0.3) is 0 Å². The molecular formula is C8H14ClN3S. The fourth-order valence-corrected chi connectivity index (χ4v) is 1.45. The monoisotopic (exact) mass is 219 g/mol.